The first-order valence-electron chi connectivity index (χ1n) is 7.46. The molecule has 3 rings (SSSR count). The molecule has 2 heterocycles. The molecule has 21 heavy (non-hydrogen) atoms. The fraction of sp³-hybridized carbons (Fsp3) is 0.438. The van der Waals surface area contributed by atoms with Crippen LogP contribution < -0.4 is 10.6 Å². The van der Waals surface area contributed by atoms with E-state index in [1.165, 1.54) is 11.3 Å². The monoisotopic (exact) mass is 304 g/mol. The topological polar surface area (TPSA) is 47.1 Å². The van der Waals surface area contributed by atoms with E-state index in [0.29, 0.717) is 0 Å². The third kappa shape index (κ3) is 3.06. The molecule has 4 nitrogen and oxygen atoms in total. The van der Waals surface area contributed by atoms with Crippen molar-refractivity contribution >= 4 is 17.3 Å². The Labute approximate surface area is 130 Å². The van der Waals surface area contributed by atoms with E-state index in [1.807, 2.05) is 24.5 Å². The first-order valence-corrected chi connectivity index (χ1v) is 7.84. The van der Waals surface area contributed by atoms with Gasteiger partial charge in [-0.3, -0.25) is 0 Å². The first-order chi connectivity index (χ1) is 10.2. The van der Waals surface area contributed by atoms with E-state index in [-0.39, 0.29) is 6.04 Å². The fourth-order valence-electron chi connectivity index (χ4n) is 2.83. The summed E-state index contributed by atoms with van der Waals surface area (Å²) in [6, 6.07) is 6.29. The van der Waals surface area contributed by atoms with Gasteiger partial charge in [-0.15, -0.1) is 0 Å². The Morgan fingerprint density at radius 2 is 2.24 bits per heavy atom. The molecule has 1 aromatic heterocycles. The zero-order valence-electron chi connectivity index (χ0n) is 12.3. The smallest absolute Gasteiger partial charge is 0.128 e. The lowest BCUT2D eigenvalue weighted by molar-refractivity contribution is 0.557. The van der Waals surface area contributed by atoms with Gasteiger partial charge >= 0.3 is 0 Å². The Kier molecular flexibility index (Phi) is 4.17. The van der Waals surface area contributed by atoms with Crippen LogP contribution in [-0.2, 0) is 19.5 Å². The molecule has 0 spiro atoms. The van der Waals surface area contributed by atoms with Gasteiger partial charge in [-0.05, 0) is 36.6 Å². The average Bonchev–Trinajstić information content (AvgIpc) is 2.94. The standard InChI is InChI=1S/C16H21ClN4/c1-2-14(18)10-12-9-13(17)3-4-15(12)21-8-7-20-6-5-19-16(20)11-21/h3-6,9,14H,2,7-8,10-11,18H2,1H3. The largest absolute Gasteiger partial charge is 0.362 e. The highest BCUT2D eigenvalue weighted by Gasteiger charge is 2.20. The molecule has 1 unspecified atom stereocenters. The van der Waals surface area contributed by atoms with Crippen molar-refractivity contribution in [2.45, 2.75) is 38.9 Å². The highest BCUT2D eigenvalue weighted by atomic mass is 35.5. The van der Waals surface area contributed by atoms with Crippen molar-refractivity contribution in [1.29, 1.82) is 0 Å². The van der Waals surface area contributed by atoms with Gasteiger partial charge in [-0.2, -0.15) is 0 Å². The first kappa shape index (κ1) is 14.4. The average molecular weight is 305 g/mol. The van der Waals surface area contributed by atoms with Crippen molar-refractivity contribution in [3.63, 3.8) is 0 Å². The molecule has 0 bridgehead atoms. The van der Waals surface area contributed by atoms with Gasteiger partial charge in [0.05, 0.1) is 6.54 Å². The van der Waals surface area contributed by atoms with Crippen LogP contribution in [0.5, 0.6) is 0 Å². The molecular weight excluding hydrogens is 284 g/mol. The second-order valence-electron chi connectivity index (χ2n) is 5.60. The van der Waals surface area contributed by atoms with E-state index in [0.717, 1.165) is 43.3 Å². The number of fused-ring (bicyclic) bond motifs is 1. The molecular formula is C16H21ClN4. The van der Waals surface area contributed by atoms with E-state index in [4.69, 9.17) is 17.3 Å². The second kappa shape index (κ2) is 6.08. The summed E-state index contributed by atoms with van der Waals surface area (Å²) in [5, 5.41) is 0.774. The maximum absolute atomic E-state index is 6.17. The predicted molar refractivity (Wildman–Crippen MR) is 86.7 cm³/mol. The van der Waals surface area contributed by atoms with Gasteiger partial charge in [-0.25, -0.2) is 4.98 Å². The minimum absolute atomic E-state index is 0.175. The van der Waals surface area contributed by atoms with Crippen molar-refractivity contribution in [2.24, 2.45) is 5.73 Å². The zero-order chi connectivity index (χ0) is 14.8. The molecule has 0 amide bonds. The van der Waals surface area contributed by atoms with Gasteiger partial charge in [0.1, 0.15) is 5.82 Å². The quantitative estimate of drug-likeness (QED) is 0.945. The Hall–Kier alpha value is -1.52. The SMILES string of the molecule is CCC(N)Cc1cc(Cl)ccc1N1CCn2ccnc2C1. The molecule has 2 N–H and O–H groups in total. The third-order valence-electron chi connectivity index (χ3n) is 4.13. The third-order valence-corrected chi connectivity index (χ3v) is 4.37. The number of benzene rings is 1. The van der Waals surface area contributed by atoms with Crippen LogP contribution in [-0.4, -0.2) is 22.1 Å². The molecule has 0 fully saturated rings. The lowest BCUT2D eigenvalue weighted by atomic mass is 10.0. The Bertz CT molecular complexity index is 622. The van der Waals surface area contributed by atoms with Crippen molar-refractivity contribution in [1.82, 2.24) is 9.55 Å². The second-order valence-corrected chi connectivity index (χ2v) is 6.04. The molecule has 2 aromatic rings. The number of hydrogen-bond donors (Lipinski definition) is 1. The summed E-state index contributed by atoms with van der Waals surface area (Å²) < 4.78 is 2.21. The fourth-order valence-corrected chi connectivity index (χ4v) is 3.03. The molecule has 0 saturated heterocycles. The maximum atomic E-state index is 6.17. The Morgan fingerprint density at radius 1 is 1.38 bits per heavy atom. The molecule has 0 radical (unpaired) electrons. The number of aromatic nitrogens is 2. The summed E-state index contributed by atoms with van der Waals surface area (Å²) >= 11 is 6.17. The summed E-state index contributed by atoms with van der Waals surface area (Å²) in [5.74, 6) is 1.11. The van der Waals surface area contributed by atoms with Crippen molar-refractivity contribution in [2.75, 3.05) is 11.4 Å². The normalized spacial score (nSPS) is 15.9. The van der Waals surface area contributed by atoms with Crippen LogP contribution in [0.3, 0.4) is 0 Å². The van der Waals surface area contributed by atoms with Crippen LogP contribution in [0.15, 0.2) is 30.6 Å². The predicted octanol–water partition coefficient (Wildman–Crippen LogP) is 2.84. The molecule has 1 atom stereocenters. The molecule has 5 heteroatoms. The van der Waals surface area contributed by atoms with Gasteiger partial charge in [0.25, 0.3) is 0 Å². The lowest BCUT2D eigenvalue weighted by Crippen LogP contribution is -2.34. The molecule has 0 aliphatic carbocycles. The number of anilines is 1. The number of nitrogens with zero attached hydrogens (tertiary/aromatic N) is 3. The maximum Gasteiger partial charge on any atom is 0.128 e. The highest BCUT2D eigenvalue weighted by Crippen LogP contribution is 2.28. The van der Waals surface area contributed by atoms with E-state index in [1.54, 1.807) is 0 Å². The minimum atomic E-state index is 0.175. The lowest BCUT2D eigenvalue weighted by Gasteiger charge is -2.31. The van der Waals surface area contributed by atoms with Crippen LogP contribution in [0.2, 0.25) is 5.02 Å². The summed E-state index contributed by atoms with van der Waals surface area (Å²) in [4.78, 5) is 6.80. The highest BCUT2D eigenvalue weighted by molar-refractivity contribution is 6.30. The number of rotatable bonds is 4. The van der Waals surface area contributed by atoms with Gasteiger partial charge < -0.3 is 15.2 Å². The Balaban J connectivity index is 1.88. The van der Waals surface area contributed by atoms with Crippen molar-refractivity contribution in [3.8, 4) is 0 Å². The van der Waals surface area contributed by atoms with E-state index in [2.05, 4.69) is 27.4 Å². The number of nitrogens with two attached hydrogens (primary N) is 1. The Morgan fingerprint density at radius 3 is 3.05 bits per heavy atom. The van der Waals surface area contributed by atoms with Gasteiger partial charge in [-0.1, -0.05) is 18.5 Å². The van der Waals surface area contributed by atoms with Gasteiger partial charge in [0.15, 0.2) is 0 Å². The number of halogens is 1. The molecule has 1 aliphatic rings. The van der Waals surface area contributed by atoms with Crippen molar-refractivity contribution < 1.29 is 0 Å². The number of imidazole rings is 1. The van der Waals surface area contributed by atoms with Crippen molar-refractivity contribution in [3.05, 3.63) is 47.0 Å². The molecule has 112 valence electrons. The van der Waals surface area contributed by atoms with Crippen LogP contribution >= 0.6 is 11.6 Å². The summed E-state index contributed by atoms with van der Waals surface area (Å²) in [6.45, 7) is 4.91. The number of hydrogen-bond acceptors (Lipinski definition) is 3. The summed E-state index contributed by atoms with van der Waals surface area (Å²) in [5.41, 5.74) is 8.60. The molecule has 1 aromatic carbocycles. The van der Waals surface area contributed by atoms with Crippen LogP contribution in [0.25, 0.3) is 0 Å². The van der Waals surface area contributed by atoms with Crippen LogP contribution in [0, 0.1) is 0 Å². The summed E-state index contributed by atoms with van der Waals surface area (Å²) in [6.07, 6.45) is 5.74. The van der Waals surface area contributed by atoms with Gasteiger partial charge in [0.2, 0.25) is 0 Å². The zero-order valence-corrected chi connectivity index (χ0v) is 13.1. The molecule has 1 aliphatic heterocycles. The van der Waals surface area contributed by atoms with Crippen LogP contribution in [0.4, 0.5) is 5.69 Å². The molecule has 0 saturated carbocycles. The van der Waals surface area contributed by atoms with E-state index < -0.39 is 0 Å². The van der Waals surface area contributed by atoms with Crippen LogP contribution in [0.1, 0.15) is 24.7 Å². The minimum Gasteiger partial charge on any atom is -0.362 e. The van der Waals surface area contributed by atoms with E-state index >= 15 is 0 Å². The van der Waals surface area contributed by atoms with Gasteiger partial charge in [0, 0.05) is 42.2 Å². The van der Waals surface area contributed by atoms with E-state index in [9.17, 15) is 0 Å². The summed E-state index contributed by atoms with van der Waals surface area (Å²) in [7, 11) is 0.